The van der Waals surface area contributed by atoms with E-state index in [0.29, 0.717) is 0 Å². The molecule has 0 spiro atoms. The summed E-state index contributed by atoms with van der Waals surface area (Å²) in [5.41, 5.74) is 2.67. The second-order valence-electron chi connectivity index (χ2n) is 4.74. The molecule has 2 rings (SSSR count). The van der Waals surface area contributed by atoms with Gasteiger partial charge in [-0.1, -0.05) is 12.1 Å². The van der Waals surface area contributed by atoms with Crippen LogP contribution in [0.1, 0.15) is 21.5 Å². The number of carboxylic acids is 1. The standard InChI is InChI=1S/C15H14N2O4/c1-9-3-4-10(2)13(7-9)16-14-8-11(17(20)21)5-6-12(14)15(18)19/h3-8,16H,1-2H3,(H,18,19). The summed E-state index contributed by atoms with van der Waals surface area (Å²) in [6, 6.07) is 9.33. The SMILES string of the molecule is Cc1ccc(C)c(Nc2cc([N+](=O)[O-])ccc2C(=O)O)c1. The summed E-state index contributed by atoms with van der Waals surface area (Å²) in [5, 5.41) is 23.0. The summed E-state index contributed by atoms with van der Waals surface area (Å²) in [4.78, 5) is 21.5. The maximum absolute atomic E-state index is 11.2. The maximum atomic E-state index is 11.2. The number of rotatable bonds is 4. The molecule has 21 heavy (non-hydrogen) atoms. The van der Waals surface area contributed by atoms with Crippen molar-refractivity contribution in [2.45, 2.75) is 13.8 Å². The van der Waals surface area contributed by atoms with Gasteiger partial charge in [0.25, 0.3) is 5.69 Å². The van der Waals surface area contributed by atoms with Gasteiger partial charge in [0.05, 0.1) is 16.2 Å². The van der Waals surface area contributed by atoms with Gasteiger partial charge < -0.3 is 10.4 Å². The number of aryl methyl sites for hydroxylation is 2. The molecule has 0 aliphatic heterocycles. The van der Waals surface area contributed by atoms with E-state index in [4.69, 9.17) is 0 Å². The van der Waals surface area contributed by atoms with Crippen LogP contribution in [0.15, 0.2) is 36.4 Å². The maximum Gasteiger partial charge on any atom is 0.337 e. The van der Waals surface area contributed by atoms with Crippen molar-refractivity contribution in [1.29, 1.82) is 0 Å². The van der Waals surface area contributed by atoms with Gasteiger partial charge in [0.2, 0.25) is 0 Å². The van der Waals surface area contributed by atoms with Crippen molar-refractivity contribution in [2.24, 2.45) is 0 Å². The third-order valence-corrected chi connectivity index (χ3v) is 3.11. The van der Waals surface area contributed by atoms with Crippen molar-refractivity contribution < 1.29 is 14.8 Å². The number of aromatic carboxylic acids is 1. The minimum Gasteiger partial charge on any atom is -0.478 e. The van der Waals surface area contributed by atoms with Crippen molar-refractivity contribution >= 4 is 23.0 Å². The largest absolute Gasteiger partial charge is 0.478 e. The molecule has 0 bridgehead atoms. The summed E-state index contributed by atoms with van der Waals surface area (Å²) in [6.45, 7) is 3.79. The lowest BCUT2D eigenvalue weighted by molar-refractivity contribution is -0.384. The summed E-state index contributed by atoms with van der Waals surface area (Å²) in [6.07, 6.45) is 0. The zero-order chi connectivity index (χ0) is 15.6. The second-order valence-corrected chi connectivity index (χ2v) is 4.74. The van der Waals surface area contributed by atoms with Gasteiger partial charge in [-0.2, -0.15) is 0 Å². The Bertz CT molecular complexity index is 726. The molecular weight excluding hydrogens is 272 g/mol. The Balaban J connectivity index is 2.50. The highest BCUT2D eigenvalue weighted by molar-refractivity contribution is 5.96. The molecule has 0 saturated carbocycles. The highest BCUT2D eigenvalue weighted by Gasteiger charge is 2.16. The van der Waals surface area contributed by atoms with Gasteiger partial charge in [0.1, 0.15) is 0 Å². The number of non-ortho nitro benzene ring substituents is 1. The number of nitro groups is 1. The minimum atomic E-state index is -1.14. The molecule has 0 unspecified atom stereocenters. The fraction of sp³-hybridized carbons (Fsp3) is 0.133. The molecule has 0 aliphatic rings. The summed E-state index contributed by atoms with van der Waals surface area (Å²) >= 11 is 0. The normalized spacial score (nSPS) is 10.2. The van der Waals surface area contributed by atoms with E-state index in [2.05, 4.69) is 5.32 Å². The molecule has 6 nitrogen and oxygen atoms in total. The minimum absolute atomic E-state index is 0.0125. The summed E-state index contributed by atoms with van der Waals surface area (Å²) in [5.74, 6) is -1.14. The van der Waals surface area contributed by atoms with E-state index >= 15 is 0 Å². The van der Waals surface area contributed by atoms with Crippen LogP contribution in [0.2, 0.25) is 0 Å². The Hall–Kier alpha value is -2.89. The molecule has 0 atom stereocenters. The van der Waals surface area contributed by atoms with E-state index in [1.165, 1.54) is 18.2 Å². The molecule has 0 amide bonds. The van der Waals surface area contributed by atoms with E-state index < -0.39 is 10.9 Å². The van der Waals surface area contributed by atoms with Gasteiger partial charge >= 0.3 is 5.97 Å². The summed E-state index contributed by atoms with van der Waals surface area (Å²) < 4.78 is 0. The molecule has 0 aromatic heterocycles. The van der Waals surface area contributed by atoms with Gasteiger partial charge in [-0.15, -0.1) is 0 Å². The average Bonchev–Trinajstić information content (AvgIpc) is 2.42. The predicted molar refractivity (Wildman–Crippen MR) is 79.3 cm³/mol. The van der Waals surface area contributed by atoms with Crippen molar-refractivity contribution in [2.75, 3.05) is 5.32 Å². The van der Waals surface area contributed by atoms with Crippen LogP contribution in [0.3, 0.4) is 0 Å². The number of carboxylic acid groups (broad SMARTS) is 1. The van der Waals surface area contributed by atoms with Gasteiger partial charge in [-0.25, -0.2) is 4.79 Å². The van der Waals surface area contributed by atoms with E-state index in [0.717, 1.165) is 16.8 Å². The first kappa shape index (κ1) is 14.5. The molecule has 0 aliphatic carbocycles. The molecule has 2 aromatic carbocycles. The fourth-order valence-corrected chi connectivity index (χ4v) is 1.95. The summed E-state index contributed by atoms with van der Waals surface area (Å²) in [7, 11) is 0. The third-order valence-electron chi connectivity index (χ3n) is 3.11. The van der Waals surface area contributed by atoms with Crippen LogP contribution >= 0.6 is 0 Å². The van der Waals surface area contributed by atoms with Crippen molar-refractivity contribution in [1.82, 2.24) is 0 Å². The number of benzene rings is 2. The molecule has 0 radical (unpaired) electrons. The first-order valence-corrected chi connectivity index (χ1v) is 6.24. The number of nitrogens with zero attached hydrogens (tertiary/aromatic N) is 1. The van der Waals surface area contributed by atoms with Gasteiger partial charge in [-0.3, -0.25) is 10.1 Å². The quantitative estimate of drug-likeness (QED) is 0.661. The van der Waals surface area contributed by atoms with Crippen LogP contribution in [0.25, 0.3) is 0 Å². The Labute approximate surface area is 121 Å². The first-order valence-electron chi connectivity index (χ1n) is 6.24. The average molecular weight is 286 g/mol. The first-order chi connectivity index (χ1) is 9.88. The zero-order valence-electron chi connectivity index (χ0n) is 11.6. The van der Waals surface area contributed by atoms with E-state index in [-0.39, 0.29) is 16.9 Å². The number of carbonyl (C=O) groups is 1. The Morgan fingerprint density at radius 2 is 1.86 bits per heavy atom. The van der Waals surface area contributed by atoms with Crippen molar-refractivity contribution in [3.8, 4) is 0 Å². The Kier molecular flexibility index (Phi) is 3.89. The Morgan fingerprint density at radius 1 is 1.14 bits per heavy atom. The van der Waals surface area contributed by atoms with Gasteiger partial charge in [0, 0.05) is 17.8 Å². The number of nitro benzene ring substituents is 1. The molecule has 0 fully saturated rings. The van der Waals surface area contributed by atoms with Crippen LogP contribution in [-0.4, -0.2) is 16.0 Å². The monoisotopic (exact) mass is 286 g/mol. The fourth-order valence-electron chi connectivity index (χ4n) is 1.95. The highest BCUT2D eigenvalue weighted by atomic mass is 16.6. The molecule has 6 heteroatoms. The van der Waals surface area contributed by atoms with Gasteiger partial charge in [-0.05, 0) is 37.1 Å². The predicted octanol–water partition coefficient (Wildman–Crippen LogP) is 3.65. The number of hydrogen-bond acceptors (Lipinski definition) is 4. The lowest BCUT2D eigenvalue weighted by atomic mass is 10.1. The van der Waals surface area contributed by atoms with E-state index in [1.807, 2.05) is 32.0 Å². The number of hydrogen-bond donors (Lipinski definition) is 2. The number of anilines is 2. The van der Waals surface area contributed by atoms with Crippen LogP contribution in [0.4, 0.5) is 17.1 Å². The lowest BCUT2D eigenvalue weighted by Crippen LogP contribution is -2.04. The third kappa shape index (κ3) is 3.17. The van der Waals surface area contributed by atoms with Crippen molar-refractivity contribution in [3.63, 3.8) is 0 Å². The zero-order valence-corrected chi connectivity index (χ0v) is 11.6. The molecular formula is C15H14N2O4. The molecule has 0 heterocycles. The Morgan fingerprint density at radius 3 is 2.48 bits per heavy atom. The van der Waals surface area contributed by atoms with Gasteiger partial charge in [0.15, 0.2) is 0 Å². The highest BCUT2D eigenvalue weighted by Crippen LogP contribution is 2.28. The van der Waals surface area contributed by atoms with Crippen LogP contribution in [0, 0.1) is 24.0 Å². The molecule has 2 aromatic rings. The lowest BCUT2D eigenvalue weighted by Gasteiger charge is -2.12. The van der Waals surface area contributed by atoms with Crippen molar-refractivity contribution in [3.05, 3.63) is 63.2 Å². The van der Waals surface area contributed by atoms with E-state index in [9.17, 15) is 20.0 Å². The smallest absolute Gasteiger partial charge is 0.337 e. The van der Waals surface area contributed by atoms with Crippen LogP contribution in [-0.2, 0) is 0 Å². The second kappa shape index (κ2) is 5.62. The van der Waals surface area contributed by atoms with Crippen LogP contribution < -0.4 is 5.32 Å². The molecule has 108 valence electrons. The van der Waals surface area contributed by atoms with E-state index in [1.54, 1.807) is 0 Å². The molecule has 2 N–H and O–H groups in total. The van der Waals surface area contributed by atoms with Crippen LogP contribution in [0.5, 0.6) is 0 Å². The number of nitrogens with one attached hydrogen (secondary N) is 1. The topological polar surface area (TPSA) is 92.5 Å². The molecule has 0 saturated heterocycles.